The normalized spacial score (nSPS) is 16.5. The summed E-state index contributed by atoms with van der Waals surface area (Å²) in [4.78, 5) is 42.2. The van der Waals surface area contributed by atoms with Crippen molar-refractivity contribution < 1.29 is 23.9 Å². The molecule has 0 aliphatic carbocycles. The molecule has 2 aromatic rings. The van der Waals surface area contributed by atoms with Crippen LogP contribution in [0.1, 0.15) is 63.0 Å². The molecule has 0 N–H and O–H groups in total. The van der Waals surface area contributed by atoms with Gasteiger partial charge in [0, 0.05) is 6.54 Å². The molecule has 2 heterocycles. The number of halogens is 1. The summed E-state index contributed by atoms with van der Waals surface area (Å²) in [7, 11) is 0. The van der Waals surface area contributed by atoms with Gasteiger partial charge in [0.1, 0.15) is 22.3 Å². The summed E-state index contributed by atoms with van der Waals surface area (Å²) in [6.45, 7) is 13.2. The molecule has 3 rings (SSSR count). The number of ether oxygens (including phenoxy) is 2. The molecule has 0 saturated carbocycles. The third-order valence-corrected chi connectivity index (χ3v) is 8.04. The monoisotopic (exact) mass is 549 g/mol. The molecule has 6 nitrogen and oxygen atoms in total. The van der Waals surface area contributed by atoms with Crippen molar-refractivity contribution in [3.63, 3.8) is 0 Å². The van der Waals surface area contributed by atoms with Crippen LogP contribution in [-0.2, 0) is 20.7 Å². The predicted octanol–water partition coefficient (Wildman–Crippen LogP) is 5.97. The summed E-state index contributed by atoms with van der Waals surface area (Å²) < 4.78 is 12.1. The molecule has 0 saturated heterocycles. The molecule has 1 aromatic carbocycles. The van der Waals surface area contributed by atoms with Crippen molar-refractivity contribution in [1.29, 1.82) is 0 Å². The third kappa shape index (κ3) is 5.08. The van der Waals surface area contributed by atoms with Crippen LogP contribution in [0, 0.1) is 18.3 Å². The van der Waals surface area contributed by atoms with Crippen LogP contribution in [0.3, 0.4) is 0 Å². The number of carbonyl (C=O) groups excluding carboxylic acids is 3. The SMILES string of the molecule is CCOc1ccccc1CCN1C(=O)C(C(C)(C)C(=O)OC(C)(C)C)C(=O)c2c1sc(Br)c2C. The van der Waals surface area contributed by atoms with E-state index in [1.54, 1.807) is 39.5 Å². The first kappa shape index (κ1) is 26.4. The Morgan fingerprint density at radius 1 is 1.15 bits per heavy atom. The van der Waals surface area contributed by atoms with Gasteiger partial charge in [-0.25, -0.2) is 0 Å². The van der Waals surface area contributed by atoms with E-state index >= 15 is 0 Å². The van der Waals surface area contributed by atoms with Crippen molar-refractivity contribution >= 4 is 49.9 Å². The number of anilines is 1. The Balaban J connectivity index is 2.01. The summed E-state index contributed by atoms with van der Waals surface area (Å²) in [6.07, 6.45) is 0.545. The number of esters is 1. The van der Waals surface area contributed by atoms with Gasteiger partial charge >= 0.3 is 5.97 Å². The smallest absolute Gasteiger partial charge is 0.313 e. The maximum atomic E-state index is 13.8. The Labute approximate surface area is 213 Å². The zero-order chi connectivity index (χ0) is 25.4. The van der Waals surface area contributed by atoms with E-state index in [9.17, 15) is 14.4 Å². The lowest BCUT2D eigenvalue weighted by Crippen LogP contribution is -2.53. The minimum absolute atomic E-state index is 0.332. The van der Waals surface area contributed by atoms with Gasteiger partial charge in [-0.05, 0) is 88.0 Å². The second kappa shape index (κ2) is 9.82. The molecule has 0 spiro atoms. The van der Waals surface area contributed by atoms with Gasteiger partial charge in [-0.15, -0.1) is 11.3 Å². The molecule has 1 aromatic heterocycles. The lowest BCUT2D eigenvalue weighted by molar-refractivity contribution is -0.169. The number of thiophene rings is 1. The molecule has 1 amide bonds. The zero-order valence-electron chi connectivity index (χ0n) is 20.8. The summed E-state index contributed by atoms with van der Waals surface area (Å²) in [5.41, 5.74) is 0.190. The van der Waals surface area contributed by atoms with E-state index < -0.39 is 22.9 Å². The molecule has 34 heavy (non-hydrogen) atoms. The highest BCUT2D eigenvalue weighted by atomic mass is 79.9. The van der Waals surface area contributed by atoms with Crippen molar-refractivity contribution in [2.45, 2.75) is 60.5 Å². The number of amides is 1. The first-order chi connectivity index (χ1) is 15.8. The van der Waals surface area contributed by atoms with E-state index in [4.69, 9.17) is 9.47 Å². The van der Waals surface area contributed by atoms with Crippen LogP contribution in [0.4, 0.5) is 5.00 Å². The Bertz CT molecular complexity index is 1110. The van der Waals surface area contributed by atoms with Gasteiger partial charge in [0.15, 0.2) is 5.78 Å². The van der Waals surface area contributed by atoms with Crippen molar-refractivity contribution in [1.82, 2.24) is 0 Å². The fraction of sp³-hybridized carbons (Fsp3) is 0.500. The predicted molar refractivity (Wildman–Crippen MR) is 138 cm³/mol. The van der Waals surface area contributed by atoms with Crippen LogP contribution in [0.2, 0.25) is 0 Å². The number of carbonyl (C=O) groups is 3. The number of nitrogens with zero attached hydrogens (tertiary/aromatic N) is 1. The number of Topliss-reactive ketones (excluding diaryl/α,β-unsaturated/α-hetero) is 1. The fourth-order valence-corrected chi connectivity index (χ4v) is 5.81. The molecule has 184 valence electrons. The molecular formula is C26H32BrNO5S. The highest BCUT2D eigenvalue weighted by Gasteiger charge is 2.53. The lowest BCUT2D eigenvalue weighted by Gasteiger charge is -2.39. The number of benzene rings is 1. The quantitative estimate of drug-likeness (QED) is 0.314. The fourth-order valence-electron chi connectivity index (χ4n) is 4.08. The Morgan fingerprint density at radius 3 is 2.41 bits per heavy atom. The topological polar surface area (TPSA) is 72.9 Å². The van der Waals surface area contributed by atoms with Crippen molar-refractivity contribution in [2.75, 3.05) is 18.1 Å². The van der Waals surface area contributed by atoms with Gasteiger partial charge in [0.2, 0.25) is 5.91 Å². The maximum Gasteiger partial charge on any atom is 0.313 e. The Hall–Kier alpha value is -2.19. The number of hydrogen-bond donors (Lipinski definition) is 0. The molecule has 8 heteroatoms. The van der Waals surface area contributed by atoms with E-state index in [0.717, 1.165) is 20.7 Å². The van der Waals surface area contributed by atoms with Crippen LogP contribution in [-0.4, -0.2) is 36.4 Å². The Morgan fingerprint density at radius 2 is 1.79 bits per heavy atom. The molecule has 1 atom stereocenters. The van der Waals surface area contributed by atoms with Gasteiger partial charge in [0.25, 0.3) is 0 Å². The molecular weight excluding hydrogens is 518 g/mol. The van der Waals surface area contributed by atoms with Crippen molar-refractivity contribution in [3.8, 4) is 5.75 Å². The Kier molecular flexibility index (Phi) is 7.63. The highest BCUT2D eigenvalue weighted by molar-refractivity contribution is 9.11. The van der Waals surface area contributed by atoms with Crippen LogP contribution in [0.5, 0.6) is 5.75 Å². The number of ketones is 1. The van der Waals surface area contributed by atoms with Crippen LogP contribution in [0.25, 0.3) is 0 Å². The van der Waals surface area contributed by atoms with E-state index in [1.807, 2.05) is 38.1 Å². The summed E-state index contributed by atoms with van der Waals surface area (Å²) in [5, 5.41) is 0.615. The second-order valence-corrected chi connectivity index (χ2v) is 12.3. The van der Waals surface area contributed by atoms with Crippen LogP contribution in [0.15, 0.2) is 28.1 Å². The average Bonchev–Trinajstić information content (AvgIpc) is 3.02. The molecule has 1 unspecified atom stereocenters. The molecule has 0 bridgehead atoms. The van der Waals surface area contributed by atoms with Gasteiger partial charge < -0.3 is 14.4 Å². The number of hydrogen-bond acceptors (Lipinski definition) is 6. The van der Waals surface area contributed by atoms with Crippen molar-refractivity contribution in [3.05, 3.63) is 44.7 Å². The van der Waals surface area contributed by atoms with Gasteiger partial charge in [0.05, 0.1) is 21.4 Å². The molecule has 0 fully saturated rings. The van der Waals surface area contributed by atoms with Crippen molar-refractivity contribution in [2.24, 2.45) is 11.3 Å². The van der Waals surface area contributed by atoms with Crippen LogP contribution >= 0.6 is 27.3 Å². The zero-order valence-corrected chi connectivity index (χ0v) is 23.2. The van der Waals surface area contributed by atoms with E-state index in [1.165, 1.54) is 11.3 Å². The molecule has 0 radical (unpaired) electrons. The minimum atomic E-state index is -1.33. The number of fused-ring (bicyclic) bond motifs is 1. The molecule has 1 aliphatic heterocycles. The summed E-state index contributed by atoms with van der Waals surface area (Å²) in [5.74, 6) is -1.67. The highest BCUT2D eigenvalue weighted by Crippen LogP contribution is 2.47. The van der Waals surface area contributed by atoms with Gasteiger partial charge in [-0.1, -0.05) is 18.2 Å². The van der Waals surface area contributed by atoms with E-state index in [2.05, 4.69) is 15.9 Å². The summed E-state index contributed by atoms with van der Waals surface area (Å²) in [6, 6.07) is 7.73. The lowest BCUT2D eigenvalue weighted by atomic mass is 9.72. The maximum absolute atomic E-state index is 13.8. The third-order valence-electron chi connectivity index (χ3n) is 5.86. The number of para-hydroxylation sites is 1. The van der Waals surface area contributed by atoms with Crippen LogP contribution < -0.4 is 9.64 Å². The average molecular weight is 551 g/mol. The minimum Gasteiger partial charge on any atom is -0.494 e. The standard InChI is InChI=1S/C26H32BrNO5S/c1-8-32-17-12-10-9-11-16(17)13-14-28-22(30)19(26(6,7)24(31)33-25(3,4)5)20(29)18-15(2)21(27)34-23(18)28/h9-12,19H,8,13-14H2,1-7H3. The van der Waals surface area contributed by atoms with Gasteiger partial charge in [-0.2, -0.15) is 0 Å². The first-order valence-electron chi connectivity index (χ1n) is 11.4. The first-order valence-corrected chi connectivity index (χ1v) is 13.0. The van der Waals surface area contributed by atoms with E-state index in [-0.39, 0.29) is 11.7 Å². The number of rotatable bonds is 7. The summed E-state index contributed by atoms with van der Waals surface area (Å²) >= 11 is 4.90. The van der Waals surface area contributed by atoms with Gasteiger partial charge in [-0.3, -0.25) is 14.4 Å². The van der Waals surface area contributed by atoms with E-state index in [0.29, 0.717) is 30.1 Å². The molecule has 1 aliphatic rings. The largest absolute Gasteiger partial charge is 0.494 e. The second-order valence-electron chi connectivity index (χ2n) is 9.98.